The highest BCUT2D eigenvalue weighted by Crippen LogP contribution is 2.28. The number of hydrogen-bond acceptors (Lipinski definition) is 5. The molecule has 8 heteroatoms. The van der Waals surface area contributed by atoms with E-state index in [1.807, 2.05) is 4.72 Å². The Labute approximate surface area is 148 Å². The van der Waals surface area contributed by atoms with Gasteiger partial charge in [-0.25, -0.2) is 17.5 Å². The number of halogens is 1. The second kappa shape index (κ2) is 6.81. The van der Waals surface area contributed by atoms with Crippen LogP contribution >= 0.6 is 11.3 Å². The average Bonchev–Trinajstić information content (AvgIpc) is 3.01. The van der Waals surface area contributed by atoms with Gasteiger partial charge in [-0.2, -0.15) is 0 Å². The molecule has 0 spiro atoms. The number of amides is 1. The first-order chi connectivity index (χ1) is 11.9. The molecule has 0 atom stereocenters. The van der Waals surface area contributed by atoms with E-state index in [1.54, 1.807) is 19.1 Å². The molecule has 130 valence electrons. The molecular formula is C17H14FNO4S2. The molecule has 0 fully saturated rings. The van der Waals surface area contributed by atoms with Gasteiger partial charge in [0.15, 0.2) is 0 Å². The lowest BCUT2D eigenvalue weighted by atomic mass is 10.2. The summed E-state index contributed by atoms with van der Waals surface area (Å²) in [7, 11) is -4.12. The van der Waals surface area contributed by atoms with E-state index in [0.29, 0.717) is 4.70 Å². The number of carbonyl (C=O) groups excluding carboxylic acids is 1. The molecule has 0 unspecified atom stereocenters. The molecule has 5 nitrogen and oxygen atoms in total. The largest absolute Gasteiger partial charge is 0.492 e. The van der Waals surface area contributed by atoms with E-state index in [-0.39, 0.29) is 27.5 Å². The number of para-hydroxylation sites is 1. The van der Waals surface area contributed by atoms with Crippen molar-refractivity contribution in [3.63, 3.8) is 0 Å². The van der Waals surface area contributed by atoms with Crippen LogP contribution in [0.1, 0.15) is 16.6 Å². The quantitative estimate of drug-likeness (QED) is 0.736. The maximum atomic E-state index is 13.7. The lowest BCUT2D eigenvalue weighted by Crippen LogP contribution is -2.30. The van der Waals surface area contributed by atoms with E-state index in [2.05, 4.69) is 0 Å². The van der Waals surface area contributed by atoms with Crippen molar-refractivity contribution in [2.75, 3.05) is 6.61 Å². The highest BCUT2D eigenvalue weighted by molar-refractivity contribution is 7.90. The van der Waals surface area contributed by atoms with Crippen LogP contribution in [0.5, 0.6) is 5.75 Å². The predicted molar refractivity (Wildman–Crippen MR) is 94.0 cm³/mol. The summed E-state index contributed by atoms with van der Waals surface area (Å²) in [5.41, 5.74) is 0. The van der Waals surface area contributed by atoms with Crippen molar-refractivity contribution in [1.82, 2.24) is 4.72 Å². The van der Waals surface area contributed by atoms with Crippen molar-refractivity contribution in [1.29, 1.82) is 0 Å². The summed E-state index contributed by atoms with van der Waals surface area (Å²) in [6.07, 6.45) is 0. The van der Waals surface area contributed by atoms with Crippen LogP contribution < -0.4 is 9.46 Å². The highest BCUT2D eigenvalue weighted by atomic mass is 32.2. The summed E-state index contributed by atoms with van der Waals surface area (Å²) in [5.74, 6) is -1.11. The topological polar surface area (TPSA) is 72.5 Å². The van der Waals surface area contributed by atoms with E-state index < -0.39 is 21.7 Å². The predicted octanol–water partition coefficient (Wildman–Crippen LogP) is 3.56. The van der Waals surface area contributed by atoms with E-state index in [1.165, 1.54) is 36.4 Å². The minimum atomic E-state index is -4.12. The lowest BCUT2D eigenvalue weighted by molar-refractivity contribution is 0.0985. The Hall–Kier alpha value is -2.45. The Morgan fingerprint density at radius 2 is 1.96 bits per heavy atom. The van der Waals surface area contributed by atoms with Crippen molar-refractivity contribution in [3.05, 3.63) is 59.2 Å². The third kappa shape index (κ3) is 3.49. The van der Waals surface area contributed by atoms with Gasteiger partial charge in [0.25, 0.3) is 15.9 Å². The fourth-order valence-electron chi connectivity index (χ4n) is 2.31. The number of thiophene rings is 1. The van der Waals surface area contributed by atoms with E-state index >= 15 is 0 Å². The molecule has 1 heterocycles. The first-order valence-electron chi connectivity index (χ1n) is 7.39. The number of ether oxygens (including phenoxy) is 1. The fraction of sp³-hybridized carbons (Fsp3) is 0.118. The first-order valence-corrected chi connectivity index (χ1v) is 9.69. The maximum Gasteiger partial charge on any atom is 0.275 e. The Bertz CT molecular complexity index is 1040. The molecule has 0 aliphatic heterocycles. The van der Waals surface area contributed by atoms with Crippen LogP contribution in [0, 0.1) is 5.82 Å². The van der Waals surface area contributed by atoms with Gasteiger partial charge in [-0.15, -0.1) is 11.3 Å². The summed E-state index contributed by atoms with van der Waals surface area (Å²) < 4.78 is 46.6. The van der Waals surface area contributed by atoms with Gasteiger partial charge in [-0.05, 0) is 37.3 Å². The molecule has 0 aliphatic rings. The molecule has 0 aliphatic carbocycles. The maximum absolute atomic E-state index is 13.7. The van der Waals surface area contributed by atoms with Crippen LogP contribution in [-0.2, 0) is 10.0 Å². The highest BCUT2D eigenvalue weighted by Gasteiger charge is 2.23. The second-order valence-electron chi connectivity index (χ2n) is 5.08. The summed E-state index contributed by atoms with van der Waals surface area (Å²) in [6.45, 7) is 2.02. The number of hydrogen-bond donors (Lipinski definition) is 1. The molecular weight excluding hydrogens is 365 g/mol. The molecule has 1 N–H and O–H groups in total. The summed E-state index contributed by atoms with van der Waals surface area (Å²) in [5, 5.41) is 0.282. The van der Waals surface area contributed by atoms with Crippen LogP contribution in [0.25, 0.3) is 10.1 Å². The van der Waals surface area contributed by atoms with Crippen LogP contribution in [0.2, 0.25) is 0 Å². The molecule has 0 saturated heterocycles. The number of benzene rings is 2. The zero-order valence-corrected chi connectivity index (χ0v) is 14.8. The zero-order chi connectivity index (χ0) is 18.0. The van der Waals surface area contributed by atoms with Gasteiger partial charge < -0.3 is 4.74 Å². The van der Waals surface area contributed by atoms with E-state index in [9.17, 15) is 17.6 Å². The number of nitrogens with one attached hydrogen (secondary N) is 1. The Balaban J connectivity index is 1.92. The van der Waals surface area contributed by atoms with Crippen LogP contribution in [-0.4, -0.2) is 20.9 Å². The number of rotatable bonds is 5. The molecule has 3 rings (SSSR count). The standard InChI is InChI=1S/C17H14FNO4S2/c1-2-23-13-7-3-4-9-16(13)25(21,22)19-17(20)15-10-11-12(18)6-5-8-14(11)24-15/h3-10H,2H2,1H3,(H,19,20). The first kappa shape index (κ1) is 17.4. The molecule has 0 bridgehead atoms. The van der Waals surface area contributed by atoms with Crippen LogP contribution in [0.4, 0.5) is 4.39 Å². The van der Waals surface area contributed by atoms with E-state index in [0.717, 1.165) is 11.3 Å². The van der Waals surface area contributed by atoms with Gasteiger partial charge in [-0.1, -0.05) is 18.2 Å². The van der Waals surface area contributed by atoms with Crippen LogP contribution in [0.3, 0.4) is 0 Å². The summed E-state index contributed by atoms with van der Waals surface area (Å²) in [4.78, 5) is 12.3. The fourth-order valence-corrected chi connectivity index (χ4v) is 4.46. The molecule has 0 saturated carbocycles. The van der Waals surface area contributed by atoms with Gasteiger partial charge in [0.05, 0.1) is 11.5 Å². The van der Waals surface area contributed by atoms with Crippen LogP contribution in [0.15, 0.2) is 53.4 Å². The third-order valence-electron chi connectivity index (χ3n) is 3.40. The van der Waals surface area contributed by atoms with Gasteiger partial charge in [0, 0.05) is 10.1 Å². The minimum Gasteiger partial charge on any atom is -0.492 e. The molecule has 1 aromatic heterocycles. The summed E-state index contributed by atoms with van der Waals surface area (Å²) in [6, 6.07) is 11.9. The second-order valence-corrected chi connectivity index (χ2v) is 7.81. The monoisotopic (exact) mass is 379 g/mol. The number of fused-ring (bicyclic) bond motifs is 1. The van der Waals surface area contributed by atoms with Gasteiger partial charge in [0.2, 0.25) is 0 Å². The average molecular weight is 379 g/mol. The molecule has 2 aromatic carbocycles. The number of carbonyl (C=O) groups is 1. The summed E-state index contributed by atoms with van der Waals surface area (Å²) >= 11 is 1.02. The Morgan fingerprint density at radius 3 is 2.68 bits per heavy atom. The zero-order valence-electron chi connectivity index (χ0n) is 13.2. The third-order valence-corrected chi connectivity index (χ3v) is 5.87. The number of sulfonamides is 1. The Morgan fingerprint density at radius 1 is 1.20 bits per heavy atom. The van der Waals surface area contributed by atoms with Gasteiger partial charge in [0.1, 0.15) is 16.5 Å². The molecule has 1 amide bonds. The van der Waals surface area contributed by atoms with E-state index in [4.69, 9.17) is 4.74 Å². The molecule has 3 aromatic rings. The van der Waals surface area contributed by atoms with Crippen molar-refractivity contribution in [3.8, 4) is 5.75 Å². The van der Waals surface area contributed by atoms with Crippen molar-refractivity contribution >= 4 is 37.4 Å². The molecule has 0 radical (unpaired) electrons. The SMILES string of the molecule is CCOc1ccccc1S(=O)(=O)NC(=O)c1cc2c(F)cccc2s1. The smallest absolute Gasteiger partial charge is 0.275 e. The van der Waals surface area contributed by atoms with Gasteiger partial charge in [-0.3, -0.25) is 4.79 Å². The lowest BCUT2D eigenvalue weighted by Gasteiger charge is -2.11. The molecule has 25 heavy (non-hydrogen) atoms. The van der Waals surface area contributed by atoms with Gasteiger partial charge >= 0.3 is 0 Å². The van der Waals surface area contributed by atoms with Crippen molar-refractivity contribution < 1.29 is 22.3 Å². The minimum absolute atomic E-state index is 0.109. The normalized spacial score (nSPS) is 11.4. The Kier molecular flexibility index (Phi) is 4.73. The van der Waals surface area contributed by atoms with Crippen molar-refractivity contribution in [2.45, 2.75) is 11.8 Å². The van der Waals surface area contributed by atoms with Crippen molar-refractivity contribution in [2.24, 2.45) is 0 Å².